The number of carbonyl (C=O) groups is 2. The van der Waals surface area contributed by atoms with Crippen LogP contribution in [0.1, 0.15) is 79.6 Å². The van der Waals surface area contributed by atoms with Crippen LogP contribution in [0, 0.1) is 23.7 Å². The van der Waals surface area contributed by atoms with Crippen molar-refractivity contribution in [2.75, 3.05) is 47.4 Å². The fourth-order valence-corrected chi connectivity index (χ4v) is 7.70. The first-order chi connectivity index (χ1) is 22.8. The van der Waals surface area contributed by atoms with Crippen molar-refractivity contribution in [1.29, 1.82) is 0 Å². The van der Waals surface area contributed by atoms with Gasteiger partial charge in [0.2, 0.25) is 0 Å². The van der Waals surface area contributed by atoms with Gasteiger partial charge in [-0.1, -0.05) is 44.9 Å². The summed E-state index contributed by atoms with van der Waals surface area (Å²) in [6, 6.07) is -0.413. The zero-order chi connectivity index (χ0) is 35.5. The molecule has 276 valence electrons. The Morgan fingerprint density at radius 1 is 1.04 bits per heavy atom. The molecule has 12 atom stereocenters. The Morgan fingerprint density at radius 3 is 2.33 bits per heavy atom. The second-order valence-electron chi connectivity index (χ2n) is 14.6. The molecule has 3 aliphatic heterocycles. The molecule has 3 aliphatic rings. The number of hydrogen-bond acceptors (Lipinski definition) is 11. The number of carbonyl (C=O) groups excluding carboxylic acids is 2. The van der Waals surface area contributed by atoms with E-state index in [-0.39, 0.29) is 30.6 Å². The topological polar surface area (TPSA) is 138 Å². The number of ketones is 1. The molecule has 0 spiro atoms. The van der Waals surface area contributed by atoms with E-state index in [0.29, 0.717) is 19.3 Å². The summed E-state index contributed by atoms with van der Waals surface area (Å²) in [5.74, 6) is -2.17. The molecule has 3 rings (SSSR count). The lowest BCUT2D eigenvalue weighted by molar-refractivity contribution is -0.307. The Balaban J connectivity index is 2.03. The number of cyclic esters (lactones) is 1. The van der Waals surface area contributed by atoms with Gasteiger partial charge >= 0.3 is 5.97 Å². The van der Waals surface area contributed by atoms with Gasteiger partial charge in [-0.2, -0.15) is 0 Å². The first-order valence-corrected chi connectivity index (χ1v) is 18.1. The first kappa shape index (κ1) is 40.7. The van der Waals surface area contributed by atoms with Gasteiger partial charge in [-0.05, 0) is 91.7 Å². The predicted molar refractivity (Wildman–Crippen MR) is 184 cm³/mol. The van der Waals surface area contributed by atoms with Gasteiger partial charge in [0.1, 0.15) is 18.3 Å². The minimum absolute atomic E-state index is 0.0260. The molecule has 0 aromatic heterocycles. The Hall–Kier alpha value is -1.70. The third-order valence-electron chi connectivity index (χ3n) is 10.7. The Kier molecular flexibility index (Phi) is 16.7. The summed E-state index contributed by atoms with van der Waals surface area (Å²) in [4.78, 5) is 31.1. The van der Waals surface area contributed by atoms with E-state index in [2.05, 4.69) is 4.90 Å². The van der Waals surface area contributed by atoms with Crippen molar-refractivity contribution in [2.45, 2.75) is 129 Å². The summed E-state index contributed by atoms with van der Waals surface area (Å²) in [6.45, 7) is 12.0. The smallest absolute Gasteiger partial charge is 0.308 e. The molecule has 2 saturated heterocycles. The lowest BCUT2D eigenvalue weighted by Crippen LogP contribution is -2.63. The molecule has 0 aromatic carbocycles. The van der Waals surface area contributed by atoms with E-state index in [1.54, 1.807) is 19.3 Å². The normalized spacial score (nSPS) is 40.3. The fourth-order valence-electron chi connectivity index (χ4n) is 7.70. The maximum Gasteiger partial charge on any atom is 0.308 e. The zero-order valence-electron chi connectivity index (χ0n) is 30.6. The van der Waals surface area contributed by atoms with Crippen molar-refractivity contribution >= 4 is 11.8 Å². The van der Waals surface area contributed by atoms with Gasteiger partial charge < -0.3 is 44.1 Å². The molecule has 0 saturated carbocycles. The van der Waals surface area contributed by atoms with Gasteiger partial charge in [0.05, 0.1) is 37.4 Å². The van der Waals surface area contributed by atoms with E-state index in [9.17, 15) is 24.9 Å². The molecule has 48 heavy (non-hydrogen) atoms. The van der Waals surface area contributed by atoms with Crippen LogP contribution in [0.15, 0.2) is 23.8 Å². The SMILES string of the molecule is CCC1OC(=O)CC(O)C(C)C(OC2OC(C)C(OC)C(N(C)C)C2O)C(CCN2CCCCC2)CC(C)C(=O)/C=C/C(C)=C/C1CO. The number of methoxy groups -OCH3 is 1. The average molecular weight is 681 g/mol. The van der Waals surface area contributed by atoms with Gasteiger partial charge in [0, 0.05) is 24.9 Å². The highest BCUT2D eigenvalue weighted by Gasteiger charge is 2.48. The van der Waals surface area contributed by atoms with E-state index in [1.807, 2.05) is 59.7 Å². The Morgan fingerprint density at radius 2 is 1.73 bits per heavy atom. The van der Waals surface area contributed by atoms with Crippen LogP contribution in [0.25, 0.3) is 0 Å². The van der Waals surface area contributed by atoms with Crippen molar-refractivity contribution in [2.24, 2.45) is 23.7 Å². The summed E-state index contributed by atoms with van der Waals surface area (Å²) in [5, 5.41) is 33.3. The minimum atomic E-state index is -1.13. The van der Waals surface area contributed by atoms with Crippen molar-refractivity contribution in [1.82, 2.24) is 9.80 Å². The molecule has 0 aromatic rings. The number of aliphatic hydroxyl groups is 3. The van der Waals surface area contributed by atoms with Crippen LogP contribution in [0.2, 0.25) is 0 Å². The molecule has 0 aliphatic carbocycles. The molecule has 0 amide bonds. The van der Waals surface area contributed by atoms with Crippen LogP contribution in [0.5, 0.6) is 0 Å². The average Bonchev–Trinajstić information content (AvgIpc) is 3.06. The Labute approximate surface area is 288 Å². The van der Waals surface area contributed by atoms with Crippen LogP contribution in [0.3, 0.4) is 0 Å². The lowest BCUT2D eigenvalue weighted by Gasteiger charge is -2.48. The van der Waals surface area contributed by atoms with Crippen LogP contribution >= 0.6 is 0 Å². The molecular weight excluding hydrogens is 616 g/mol. The first-order valence-electron chi connectivity index (χ1n) is 18.1. The van der Waals surface area contributed by atoms with Crippen LogP contribution in [-0.4, -0.2) is 133 Å². The zero-order valence-corrected chi connectivity index (χ0v) is 30.6. The highest BCUT2D eigenvalue weighted by Crippen LogP contribution is 2.35. The largest absolute Gasteiger partial charge is 0.462 e. The number of rotatable bonds is 9. The van der Waals surface area contributed by atoms with E-state index in [0.717, 1.165) is 38.0 Å². The van der Waals surface area contributed by atoms with E-state index in [4.69, 9.17) is 18.9 Å². The maximum absolute atomic E-state index is 13.5. The summed E-state index contributed by atoms with van der Waals surface area (Å²) < 4.78 is 24.6. The van der Waals surface area contributed by atoms with E-state index < -0.39 is 66.8 Å². The quantitative estimate of drug-likeness (QED) is 0.309. The van der Waals surface area contributed by atoms with Gasteiger partial charge in [-0.15, -0.1) is 0 Å². The number of aliphatic hydroxyl groups excluding tert-OH is 3. The van der Waals surface area contributed by atoms with Crippen LogP contribution < -0.4 is 0 Å². The van der Waals surface area contributed by atoms with E-state index >= 15 is 0 Å². The Bertz CT molecular complexity index is 1060. The van der Waals surface area contributed by atoms with Crippen LogP contribution in [0.4, 0.5) is 0 Å². The van der Waals surface area contributed by atoms with Crippen LogP contribution in [-0.2, 0) is 28.5 Å². The third-order valence-corrected chi connectivity index (χ3v) is 10.7. The monoisotopic (exact) mass is 680 g/mol. The molecule has 11 nitrogen and oxygen atoms in total. The number of likely N-dealkylation sites (tertiary alicyclic amines) is 1. The van der Waals surface area contributed by atoms with Gasteiger partial charge in [0.25, 0.3) is 0 Å². The maximum atomic E-state index is 13.5. The molecule has 11 heteroatoms. The van der Waals surface area contributed by atoms with Gasteiger partial charge in [0.15, 0.2) is 12.1 Å². The highest BCUT2D eigenvalue weighted by molar-refractivity contribution is 5.91. The standard InChI is InChI=1S/C37H64N2O9/c1-9-31-28(22-40)19-23(2)13-14-29(41)24(3)20-27(15-18-39-16-11-10-12-17-39)35(25(4)30(42)21-32(43)47-31)48-37-34(44)33(38(6)7)36(45-8)26(5)46-37/h13-14,19,24-28,30-31,33-37,40,42,44H,9-12,15-18,20-22H2,1-8H3/b14-13+,23-19+. The molecule has 3 heterocycles. The fraction of sp³-hybridized carbons (Fsp3) is 0.838. The number of likely N-dealkylation sites (N-methyl/N-ethyl adjacent to an activating group) is 1. The minimum Gasteiger partial charge on any atom is -0.462 e. The molecule has 2 fully saturated rings. The summed E-state index contributed by atoms with van der Waals surface area (Å²) in [7, 11) is 5.35. The second kappa shape index (κ2) is 19.6. The summed E-state index contributed by atoms with van der Waals surface area (Å²) >= 11 is 0. The number of esters is 1. The number of ether oxygens (including phenoxy) is 4. The number of piperidine rings is 1. The predicted octanol–water partition coefficient (Wildman–Crippen LogP) is 3.34. The summed E-state index contributed by atoms with van der Waals surface area (Å²) in [6.07, 6.45) is 4.84. The number of allylic oxidation sites excluding steroid dienone is 3. The molecule has 0 radical (unpaired) electrons. The van der Waals surface area contributed by atoms with Crippen molar-refractivity contribution < 1.29 is 43.9 Å². The molecule has 3 N–H and O–H groups in total. The van der Waals surface area contributed by atoms with E-state index in [1.165, 1.54) is 6.42 Å². The number of hydrogen-bond donors (Lipinski definition) is 3. The molecule has 0 bridgehead atoms. The third kappa shape index (κ3) is 11.2. The van der Waals surface area contributed by atoms with Gasteiger partial charge in [-0.25, -0.2) is 0 Å². The highest BCUT2D eigenvalue weighted by atomic mass is 16.7. The molecular formula is C37H64N2O9. The lowest BCUT2D eigenvalue weighted by atomic mass is 9.79. The van der Waals surface area contributed by atoms with Crippen molar-refractivity contribution in [3.63, 3.8) is 0 Å². The second-order valence-corrected chi connectivity index (χ2v) is 14.6. The van der Waals surface area contributed by atoms with Gasteiger partial charge in [-0.3, -0.25) is 9.59 Å². The van der Waals surface area contributed by atoms with Crippen molar-refractivity contribution in [3.8, 4) is 0 Å². The summed E-state index contributed by atoms with van der Waals surface area (Å²) in [5.41, 5.74) is 0.787. The van der Waals surface area contributed by atoms with Crippen molar-refractivity contribution in [3.05, 3.63) is 23.8 Å². The molecule has 12 unspecified atom stereocenters. The number of nitrogens with zero attached hydrogens (tertiary/aromatic N) is 2.